The summed E-state index contributed by atoms with van der Waals surface area (Å²) in [7, 11) is 0. The molecule has 0 unspecified atom stereocenters. The number of benzene rings is 1. The van der Waals surface area contributed by atoms with Gasteiger partial charge in [0.2, 0.25) is 0 Å². The first-order chi connectivity index (χ1) is 11.7. The molecule has 0 amide bonds. The van der Waals surface area contributed by atoms with Crippen molar-refractivity contribution in [1.29, 1.82) is 0 Å². The van der Waals surface area contributed by atoms with Gasteiger partial charge in [-0.1, -0.05) is 12.1 Å². The van der Waals surface area contributed by atoms with Crippen molar-refractivity contribution in [2.24, 2.45) is 0 Å². The second-order valence-electron chi connectivity index (χ2n) is 5.37. The Morgan fingerprint density at radius 2 is 1.96 bits per heavy atom. The van der Waals surface area contributed by atoms with Crippen LogP contribution in [0.2, 0.25) is 0 Å². The lowest BCUT2D eigenvalue weighted by molar-refractivity contribution is 0.282. The molecular formula is C18H13N3O2S. The van der Waals surface area contributed by atoms with Gasteiger partial charge in [0.25, 0.3) is 5.56 Å². The molecule has 4 aromatic rings. The molecule has 0 atom stereocenters. The fraction of sp³-hybridized carbons (Fsp3) is 0.0556. The van der Waals surface area contributed by atoms with Gasteiger partial charge in [-0.15, -0.1) is 11.3 Å². The number of aliphatic hydroxyl groups is 1. The van der Waals surface area contributed by atoms with Gasteiger partial charge in [-0.3, -0.25) is 9.78 Å². The fourth-order valence-corrected chi connectivity index (χ4v) is 3.39. The van der Waals surface area contributed by atoms with E-state index in [0.29, 0.717) is 16.8 Å². The Kier molecular flexibility index (Phi) is 3.68. The van der Waals surface area contributed by atoms with E-state index in [2.05, 4.69) is 15.0 Å². The summed E-state index contributed by atoms with van der Waals surface area (Å²) in [6, 6.07) is 11.1. The van der Waals surface area contributed by atoms with Crippen molar-refractivity contribution >= 4 is 22.2 Å². The number of aromatic amines is 1. The van der Waals surface area contributed by atoms with Crippen LogP contribution in [-0.2, 0) is 6.61 Å². The second-order valence-corrected chi connectivity index (χ2v) is 6.22. The summed E-state index contributed by atoms with van der Waals surface area (Å²) in [6.07, 6.45) is 3.44. The van der Waals surface area contributed by atoms with E-state index < -0.39 is 0 Å². The van der Waals surface area contributed by atoms with Crippen LogP contribution in [0.4, 0.5) is 0 Å². The first-order valence-electron chi connectivity index (χ1n) is 7.38. The molecule has 24 heavy (non-hydrogen) atoms. The topological polar surface area (TPSA) is 78.9 Å². The molecule has 3 aromatic heterocycles. The molecule has 118 valence electrons. The summed E-state index contributed by atoms with van der Waals surface area (Å²) in [4.78, 5) is 23.9. The number of rotatable bonds is 3. The highest BCUT2D eigenvalue weighted by Crippen LogP contribution is 2.28. The third-order valence-electron chi connectivity index (χ3n) is 3.80. The quantitative estimate of drug-likeness (QED) is 0.602. The van der Waals surface area contributed by atoms with Crippen LogP contribution in [-0.4, -0.2) is 20.1 Å². The van der Waals surface area contributed by atoms with Crippen molar-refractivity contribution in [3.63, 3.8) is 0 Å². The summed E-state index contributed by atoms with van der Waals surface area (Å²) in [5, 5.41) is 12.8. The molecule has 0 aliphatic heterocycles. The van der Waals surface area contributed by atoms with Gasteiger partial charge in [0, 0.05) is 28.9 Å². The average Bonchev–Trinajstić information content (AvgIpc) is 3.11. The van der Waals surface area contributed by atoms with Gasteiger partial charge in [0.05, 0.1) is 17.9 Å². The Morgan fingerprint density at radius 3 is 2.75 bits per heavy atom. The predicted octanol–water partition coefficient (Wildman–Crippen LogP) is 3.21. The monoisotopic (exact) mass is 335 g/mol. The Bertz CT molecular complexity index is 1070. The molecule has 0 aliphatic rings. The molecule has 6 heteroatoms. The van der Waals surface area contributed by atoms with Crippen LogP contribution in [0.25, 0.3) is 32.7 Å². The van der Waals surface area contributed by atoms with E-state index in [1.54, 1.807) is 18.5 Å². The number of aliphatic hydroxyl groups excluding tert-OH is 1. The minimum Gasteiger partial charge on any atom is -0.392 e. The molecule has 1 aromatic carbocycles. The van der Waals surface area contributed by atoms with Crippen LogP contribution >= 0.6 is 11.3 Å². The Hall–Kier alpha value is -2.83. The van der Waals surface area contributed by atoms with Gasteiger partial charge in [0.15, 0.2) is 0 Å². The molecule has 0 saturated carbocycles. The Morgan fingerprint density at radius 1 is 1.12 bits per heavy atom. The van der Waals surface area contributed by atoms with Crippen molar-refractivity contribution < 1.29 is 5.11 Å². The number of fused-ring (bicyclic) bond motifs is 1. The fourth-order valence-electron chi connectivity index (χ4n) is 2.56. The smallest absolute Gasteiger partial charge is 0.257 e. The molecule has 0 aliphatic carbocycles. The SMILES string of the molecule is O=c1[nH]c2cc(CO)ccc2cc1-c1csc(-c2ccncc2)n1. The zero-order valence-electron chi connectivity index (χ0n) is 12.6. The van der Waals surface area contributed by atoms with E-state index in [4.69, 9.17) is 0 Å². The van der Waals surface area contributed by atoms with E-state index in [1.165, 1.54) is 11.3 Å². The highest BCUT2D eigenvalue weighted by Gasteiger charge is 2.11. The van der Waals surface area contributed by atoms with E-state index in [0.717, 1.165) is 21.5 Å². The maximum absolute atomic E-state index is 12.4. The number of nitrogens with one attached hydrogen (secondary N) is 1. The van der Waals surface area contributed by atoms with Gasteiger partial charge in [-0.2, -0.15) is 0 Å². The summed E-state index contributed by atoms with van der Waals surface area (Å²) >= 11 is 1.49. The van der Waals surface area contributed by atoms with Crippen LogP contribution in [0.5, 0.6) is 0 Å². The number of hydrogen-bond donors (Lipinski definition) is 2. The standard InChI is InChI=1S/C18H13N3O2S/c22-9-11-1-2-13-8-14(17(23)20-15(13)7-11)16-10-24-18(21-16)12-3-5-19-6-4-12/h1-8,10,22H,9H2,(H,20,23). The van der Waals surface area contributed by atoms with E-state index in [1.807, 2.05) is 35.7 Å². The second kappa shape index (κ2) is 5.99. The third-order valence-corrected chi connectivity index (χ3v) is 4.69. The maximum Gasteiger partial charge on any atom is 0.257 e. The largest absolute Gasteiger partial charge is 0.392 e. The average molecular weight is 335 g/mol. The van der Waals surface area contributed by atoms with E-state index >= 15 is 0 Å². The normalized spacial score (nSPS) is 11.0. The Balaban J connectivity index is 1.81. The van der Waals surface area contributed by atoms with Crippen molar-refractivity contribution in [3.05, 3.63) is 70.1 Å². The first kappa shape index (κ1) is 14.7. The van der Waals surface area contributed by atoms with Gasteiger partial charge in [0.1, 0.15) is 5.01 Å². The molecule has 3 heterocycles. The first-order valence-corrected chi connectivity index (χ1v) is 8.26. The highest BCUT2D eigenvalue weighted by atomic mass is 32.1. The molecular weight excluding hydrogens is 322 g/mol. The van der Waals surface area contributed by atoms with E-state index in [9.17, 15) is 9.90 Å². The van der Waals surface area contributed by atoms with Crippen molar-refractivity contribution in [3.8, 4) is 21.8 Å². The number of nitrogens with zero attached hydrogens (tertiary/aromatic N) is 2. The molecule has 0 fully saturated rings. The zero-order valence-corrected chi connectivity index (χ0v) is 13.4. The highest BCUT2D eigenvalue weighted by molar-refractivity contribution is 7.13. The van der Waals surface area contributed by atoms with Crippen molar-refractivity contribution in [2.45, 2.75) is 6.61 Å². The molecule has 0 radical (unpaired) electrons. The van der Waals surface area contributed by atoms with Gasteiger partial charge in [-0.25, -0.2) is 4.98 Å². The van der Waals surface area contributed by atoms with Crippen LogP contribution in [0.1, 0.15) is 5.56 Å². The lowest BCUT2D eigenvalue weighted by Crippen LogP contribution is -2.09. The molecule has 0 bridgehead atoms. The number of pyridine rings is 2. The van der Waals surface area contributed by atoms with Crippen LogP contribution < -0.4 is 5.56 Å². The minimum atomic E-state index is -0.191. The van der Waals surface area contributed by atoms with Crippen LogP contribution in [0.15, 0.2) is 59.0 Å². The lowest BCUT2D eigenvalue weighted by atomic mass is 10.1. The number of hydrogen-bond acceptors (Lipinski definition) is 5. The van der Waals surface area contributed by atoms with Gasteiger partial charge >= 0.3 is 0 Å². The third kappa shape index (κ3) is 2.62. The summed E-state index contributed by atoms with van der Waals surface area (Å²) < 4.78 is 0. The van der Waals surface area contributed by atoms with Gasteiger partial charge in [-0.05, 0) is 35.2 Å². The molecule has 0 spiro atoms. The molecule has 2 N–H and O–H groups in total. The summed E-state index contributed by atoms with van der Waals surface area (Å²) in [5.41, 5.74) is 3.45. The van der Waals surface area contributed by atoms with Crippen LogP contribution in [0.3, 0.4) is 0 Å². The van der Waals surface area contributed by atoms with Crippen molar-refractivity contribution in [2.75, 3.05) is 0 Å². The number of thiazole rings is 1. The van der Waals surface area contributed by atoms with Crippen molar-refractivity contribution in [1.82, 2.24) is 15.0 Å². The summed E-state index contributed by atoms with van der Waals surface area (Å²) in [5.74, 6) is 0. The maximum atomic E-state index is 12.4. The molecule has 4 rings (SSSR count). The zero-order chi connectivity index (χ0) is 16.5. The minimum absolute atomic E-state index is 0.0545. The Labute approximate surface area is 141 Å². The molecule has 5 nitrogen and oxygen atoms in total. The summed E-state index contributed by atoms with van der Waals surface area (Å²) in [6.45, 7) is -0.0545. The van der Waals surface area contributed by atoms with Gasteiger partial charge < -0.3 is 10.1 Å². The number of H-pyrrole nitrogens is 1. The van der Waals surface area contributed by atoms with Crippen LogP contribution in [0, 0.1) is 0 Å². The number of aromatic nitrogens is 3. The van der Waals surface area contributed by atoms with E-state index in [-0.39, 0.29) is 12.2 Å². The molecule has 0 saturated heterocycles. The predicted molar refractivity (Wildman–Crippen MR) is 94.8 cm³/mol. The lowest BCUT2D eigenvalue weighted by Gasteiger charge is -2.03.